The first-order valence-electron chi connectivity index (χ1n) is 13.5. The van der Waals surface area contributed by atoms with E-state index in [-0.39, 0.29) is 6.42 Å². The molecule has 4 atom stereocenters. The number of rotatable bonds is 18. The molecule has 0 amide bonds. The maximum absolute atomic E-state index is 15.0. The van der Waals surface area contributed by atoms with Crippen LogP contribution in [0.4, 0.5) is 26.3 Å². The van der Waals surface area contributed by atoms with Gasteiger partial charge in [0, 0.05) is 10.5 Å². The molecule has 0 aliphatic heterocycles. The molecule has 1 aliphatic carbocycles. The lowest BCUT2D eigenvalue weighted by Crippen LogP contribution is -2.58. The predicted molar refractivity (Wildman–Crippen MR) is 142 cm³/mol. The zero-order valence-electron chi connectivity index (χ0n) is 21.5. The predicted octanol–water partition coefficient (Wildman–Crippen LogP) is 11.7. The molecule has 4 unspecified atom stereocenters. The van der Waals surface area contributed by atoms with Crippen molar-refractivity contribution in [2.75, 3.05) is 0 Å². The molecule has 0 fully saturated rings. The Balaban J connectivity index is 1.72. The van der Waals surface area contributed by atoms with Crippen molar-refractivity contribution in [2.24, 2.45) is 0 Å². The van der Waals surface area contributed by atoms with E-state index in [4.69, 9.17) is 0 Å². The van der Waals surface area contributed by atoms with Crippen LogP contribution in [0.1, 0.15) is 121 Å². The van der Waals surface area contributed by atoms with E-state index in [9.17, 15) is 22.0 Å². The summed E-state index contributed by atoms with van der Waals surface area (Å²) < 4.78 is 82.7. The molecular weight excluding hydrogens is 562 g/mol. The van der Waals surface area contributed by atoms with Crippen LogP contribution in [-0.2, 0) is 0 Å². The van der Waals surface area contributed by atoms with Gasteiger partial charge in [0.2, 0.25) is 0 Å². The Morgan fingerprint density at radius 1 is 0.833 bits per heavy atom. The molecule has 2 rings (SSSR count). The summed E-state index contributed by atoms with van der Waals surface area (Å²) in [6.07, 6.45) is 11.2. The lowest BCUT2D eigenvalue weighted by Gasteiger charge is -2.36. The fraction of sp³-hybridized carbons (Fsp3) is 0.786. The van der Waals surface area contributed by atoms with Crippen molar-refractivity contribution in [1.82, 2.24) is 0 Å². The number of thiophene rings is 1. The molecule has 0 nitrogen and oxygen atoms in total. The molecule has 0 aromatic carbocycles. The molecular formula is C28H41BrF6S. The SMILES string of the molecule is CCCCCCCCCCC(CCCCCCC(F)C1(F)C(F)(F)C(C)=C(F)C1(F)Br)c1cccs1. The maximum atomic E-state index is 15.0. The van der Waals surface area contributed by atoms with Gasteiger partial charge in [-0.15, -0.1) is 11.3 Å². The highest BCUT2D eigenvalue weighted by Crippen LogP contribution is 2.63. The Morgan fingerprint density at radius 3 is 1.78 bits per heavy atom. The van der Waals surface area contributed by atoms with Crippen molar-refractivity contribution in [2.45, 2.75) is 138 Å². The Labute approximate surface area is 225 Å². The summed E-state index contributed by atoms with van der Waals surface area (Å²) in [7, 11) is 0. The normalized spacial score (nSPS) is 25.5. The third-order valence-corrected chi connectivity index (χ3v) is 9.49. The van der Waals surface area contributed by atoms with E-state index in [1.807, 2.05) is 0 Å². The van der Waals surface area contributed by atoms with Gasteiger partial charge in [-0.1, -0.05) is 90.0 Å². The lowest BCUT2D eigenvalue weighted by molar-refractivity contribution is -0.165. The molecule has 1 aromatic rings. The summed E-state index contributed by atoms with van der Waals surface area (Å²) in [5, 5.41) is 2.08. The Morgan fingerprint density at radius 2 is 1.33 bits per heavy atom. The van der Waals surface area contributed by atoms with Crippen LogP contribution >= 0.6 is 27.3 Å². The fourth-order valence-corrected chi connectivity index (χ4v) is 6.83. The molecule has 0 radical (unpaired) electrons. The molecule has 0 N–H and O–H groups in total. The van der Waals surface area contributed by atoms with E-state index >= 15 is 4.39 Å². The monoisotopic (exact) mass is 602 g/mol. The van der Waals surface area contributed by atoms with Crippen molar-refractivity contribution in [1.29, 1.82) is 0 Å². The Hall–Kier alpha value is -0.500. The van der Waals surface area contributed by atoms with Gasteiger partial charge in [-0.05, 0) is 59.5 Å². The number of hydrogen-bond acceptors (Lipinski definition) is 1. The van der Waals surface area contributed by atoms with Gasteiger partial charge in [0.25, 0.3) is 10.2 Å². The van der Waals surface area contributed by atoms with Crippen LogP contribution in [-0.4, -0.2) is 22.3 Å². The van der Waals surface area contributed by atoms with Crippen molar-refractivity contribution in [3.8, 4) is 0 Å². The van der Waals surface area contributed by atoms with E-state index in [1.165, 1.54) is 56.2 Å². The molecule has 208 valence electrons. The van der Waals surface area contributed by atoms with Crippen LogP contribution in [0.5, 0.6) is 0 Å². The van der Waals surface area contributed by atoms with Crippen molar-refractivity contribution < 1.29 is 26.3 Å². The van der Waals surface area contributed by atoms with Crippen LogP contribution in [0.25, 0.3) is 0 Å². The summed E-state index contributed by atoms with van der Waals surface area (Å²) >= 11 is 3.82. The molecule has 1 aromatic heterocycles. The van der Waals surface area contributed by atoms with Gasteiger partial charge in [-0.2, -0.15) is 8.78 Å². The number of alkyl halides is 6. The number of allylic oxidation sites excluding steroid dienone is 2. The quantitative estimate of drug-likeness (QED) is 0.0890. The van der Waals surface area contributed by atoms with E-state index in [0.717, 1.165) is 25.7 Å². The lowest BCUT2D eigenvalue weighted by atomic mass is 9.87. The molecule has 0 spiro atoms. The van der Waals surface area contributed by atoms with Crippen molar-refractivity contribution >= 4 is 27.3 Å². The highest BCUT2D eigenvalue weighted by molar-refractivity contribution is 9.10. The second-order valence-corrected chi connectivity index (χ2v) is 12.3. The average molecular weight is 604 g/mol. The average Bonchev–Trinajstić information content (AvgIpc) is 3.41. The number of halogens is 7. The summed E-state index contributed by atoms with van der Waals surface area (Å²) in [5.41, 5.74) is -5.70. The first-order valence-corrected chi connectivity index (χ1v) is 15.2. The van der Waals surface area contributed by atoms with Crippen LogP contribution in [0.2, 0.25) is 0 Å². The third-order valence-electron chi connectivity index (χ3n) is 7.53. The molecule has 8 heteroatoms. The summed E-state index contributed by atoms with van der Waals surface area (Å²) in [5.74, 6) is -6.06. The summed E-state index contributed by atoms with van der Waals surface area (Å²) in [4.78, 5) is 1.37. The summed E-state index contributed by atoms with van der Waals surface area (Å²) in [6, 6.07) is 4.22. The minimum Gasteiger partial charge on any atom is -0.243 e. The van der Waals surface area contributed by atoms with E-state index in [2.05, 4.69) is 40.4 Å². The molecule has 0 saturated carbocycles. The second-order valence-electron chi connectivity index (χ2n) is 10.2. The van der Waals surface area contributed by atoms with Gasteiger partial charge in [0.1, 0.15) is 6.17 Å². The molecule has 1 aliphatic rings. The maximum Gasteiger partial charge on any atom is 0.312 e. The second kappa shape index (κ2) is 14.6. The van der Waals surface area contributed by atoms with Gasteiger partial charge in [-0.25, -0.2) is 17.6 Å². The minimum absolute atomic E-state index is 0.133. The molecule has 1 heterocycles. The van der Waals surface area contributed by atoms with E-state index in [0.29, 0.717) is 19.3 Å². The van der Waals surface area contributed by atoms with E-state index in [1.54, 1.807) is 11.3 Å². The van der Waals surface area contributed by atoms with Gasteiger partial charge in [-0.3, -0.25) is 0 Å². The summed E-state index contributed by atoms with van der Waals surface area (Å²) in [6.45, 7) is 2.82. The number of hydrogen-bond donors (Lipinski definition) is 0. The highest BCUT2D eigenvalue weighted by atomic mass is 79.9. The zero-order chi connectivity index (χ0) is 26.8. The topological polar surface area (TPSA) is 0 Å². The fourth-order valence-electron chi connectivity index (χ4n) is 5.14. The van der Waals surface area contributed by atoms with Crippen LogP contribution in [0, 0.1) is 0 Å². The minimum atomic E-state index is -4.56. The third kappa shape index (κ3) is 7.33. The molecule has 36 heavy (non-hydrogen) atoms. The standard InChI is InChI=1S/C28H41BrF6S/c1-3-4-5-6-7-8-9-12-16-22(23-18-15-20-36-23)17-13-10-11-14-19-24(30)26(32)27(29,33)25(31)21(2)28(26,34)35/h15,18,20,22,24H,3-14,16-17,19H2,1-2H3. The van der Waals surface area contributed by atoms with Gasteiger partial charge in [0.05, 0.1) is 0 Å². The van der Waals surface area contributed by atoms with Crippen molar-refractivity contribution in [3.05, 3.63) is 33.8 Å². The Kier molecular flexibility index (Phi) is 12.9. The smallest absolute Gasteiger partial charge is 0.243 e. The van der Waals surface area contributed by atoms with Crippen LogP contribution in [0.15, 0.2) is 28.9 Å². The van der Waals surface area contributed by atoms with E-state index < -0.39 is 40.2 Å². The van der Waals surface area contributed by atoms with Gasteiger partial charge >= 0.3 is 5.92 Å². The van der Waals surface area contributed by atoms with Gasteiger partial charge < -0.3 is 0 Å². The largest absolute Gasteiger partial charge is 0.312 e. The first kappa shape index (κ1) is 31.7. The first-order chi connectivity index (χ1) is 17.0. The Bertz CT molecular complexity index is 768. The van der Waals surface area contributed by atoms with Gasteiger partial charge in [0.15, 0.2) is 5.83 Å². The highest BCUT2D eigenvalue weighted by Gasteiger charge is 2.79. The molecule has 0 bridgehead atoms. The van der Waals surface area contributed by atoms with Crippen LogP contribution < -0.4 is 0 Å². The zero-order valence-corrected chi connectivity index (χ0v) is 23.9. The van der Waals surface area contributed by atoms with Crippen molar-refractivity contribution in [3.63, 3.8) is 0 Å². The van der Waals surface area contributed by atoms with Crippen LogP contribution in [0.3, 0.4) is 0 Å². The molecule has 0 saturated heterocycles. The number of unbranched alkanes of at least 4 members (excludes halogenated alkanes) is 10.